The average molecular weight is 352 g/mol. The maximum atomic E-state index is 13.0. The normalized spacial score (nSPS) is 10.7. The molecule has 0 radical (unpaired) electrons. The molecule has 0 spiro atoms. The van der Waals surface area contributed by atoms with E-state index in [1.165, 1.54) is 12.1 Å². The van der Waals surface area contributed by atoms with Gasteiger partial charge >= 0.3 is 0 Å². The van der Waals surface area contributed by atoms with Crippen LogP contribution in [0, 0.1) is 12.7 Å². The molecule has 1 aromatic heterocycles. The molecule has 5 nitrogen and oxygen atoms in total. The molecule has 2 aromatic carbocycles. The summed E-state index contributed by atoms with van der Waals surface area (Å²) in [5, 5.41) is 6.33. The van der Waals surface area contributed by atoms with Crippen molar-refractivity contribution in [1.29, 1.82) is 0 Å². The quantitative estimate of drug-likeness (QED) is 0.639. The molecule has 6 heteroatoms. The average Bonchev–Trinajstić information content (AvgIpc) is 2.58. The van der Waals surface area contributed by atoms with Gasteiger partial charge in [0.2, 0.25) is 5.95 Å². The van der Waals surface area contributed by atoms with Crippen LogP contribution in [0.4, 0.5) is 27.5 Å². The van der Waals surface area contributed by atoms with Crippen molar-refractivity contribution in [3.05, 3.63) is 66.1 Å². The highest BCUT2D eigenvalue weighted by atomic mass is 19.1. The second kappa shape index (κ2) is 7.82. The summed E-state index contributed by atoms with van der Waals surface area (Å²) in [4.78, 5) is 8.82. The summed E-state index contributed by atoms with van der Waals surface area (Å²) in [5.41, 5.74) is 2.43. The summed E-state index contributed by atoms with van der Waals surface area (Å²) in [6.45, 7) is 5.87. The second-order valence-corrected chi connectivity index (χ2v) is 6.17. The minimum absolute atomic E-state index is 0.137. The Bertz CT molecular complexity index is 864. The summed E-state index contributed by atoms with van der Waals surface area (Å²) in [6, 6.07) is 15.6. The number of ether oxygens (including phenoxy) is 1. The van der Waals surface area contributed by atoms with Crippen LogP contribution in [0.15, 0.2) is 54.6 Å². The summed E-state index contributed by atoms with van der Waals surface area (Å²) in [7, 11) is 0. The minimum Gasteiger partial charge on any atom is -0.491 e. The van der Waals surface area contributed by atoms with Gasteiger partial charge < -0.3 is 15.4 Å². The van der Waals surface area contributed by atoms with E-state index in [0.717, 1.165) is 22.8 Å². The van der Waals surface area contributed by atoms with Gasteiger partial charge in [-0.3, -0.25) is 0 Å². The van der Waals surface area contributed by atoms with Gasteiger partial charge in [-0.15, -0.1) is 0 Å². The Labute approximate surface area is 152 Å². The van der Waals surface area contributed by atoms with Gasteiger partial charge in [0.15, 0.2) is 0 Å². The molecule has 0 amide bonds. The maximum absolute atomic E-state index is 13.0. The van der Waals surface area contributed by atoms with Crippen molar-refractivity contribution in [3.63, 3.8) is 0 Å². The van der Waals surface area contributed by atoms with Crippen LogP contribution in [0.25, 0.3) is 0 Å². The van der Waals surface area contributed by atoms with Gasteiger partial charge in [-0.05, 0) is 69.3 Å². The highest BCUT2D eigenvalue weighted by Gasteiger charge is 2.05. The van der Waals surface area contributed by atoms with E-state index in [1.54, 1.807) is 12.1 Å². The molecule has 0 saturated heterocycles. The van der Waals surface area contributed by atoms with E-state index >= 15 is 0 Å². The van der Waals surface area contributed by atoms with Crippen LogP contribution in [-0.2, 0) is 0 Å². The Morgan fingerprint density at radius 3 is 2.15 bits per heavy atom. The maximum Gasteiger partial charge on any atom is 0.229 e. The lowest BCUT2D eigenvalue weighted by Crippen LogP contribution is -2.05. The van der Waals surface area contributed by atoms with Crippen LogP contribution in [0.3, 0.4) is 0 Å². The number of halogens is 1. The zero-order valence-corrected chi connectivity index (χ0v) is 15.0. The molecular formula is C20H21FN4O. The first-order valence-corrected chi connectivity index (χ1v) is 8.40. The number of benzene rings is 2. The number of nitrogens with one attached hydrogen (secondary N) is 2. The van der Waals surface area contributed by atoms with Crippen molar-refractivity contribution in [2.45, 2.75) is 26.9 Å². The molecule has 0 unspecified atom stereocenters. The number of aryl methyl sites for hydroxylation is 1. The first kappa shape index (κ1) is 17.7. The second-order valence-electron chi connectivity index (χ2n) is 6.17. The van der Waals surface area contributed by atoms with Gasteiger partial charge in [-0.25, -0.2) is 9.37 Å². The van der Waals surface area contributed by atoms with E-state index in [2.05, 4.69) is 20.6 Å². The zero-order chi connectivity index (χ0) is 18.5. The standard InChI is InChI=1S/C20H21FN4O/c1-13(2)26-18-10-8-16(9-11-18)23-19-12-14(3)22-20(25-19)24-17-6-4-15(21)5-7-17/h4-13H,1-3H3,(H2,22,23,24,25). The molecule has 0 aliphatic carbocycles. The van der Waals surface area contributed by atoms with Gasteiger partial charge in [0.25, 0.3) is 0 Å². The molecule has 2 N–H and O–H groups in total. The number of hydrogen-bond acceptors (Lipinski definition) is 5. The van der Waals surface area contributed by atoms with Gasteiger partial charge in [-0.1, -0.05) is 0 Å². The van der Waals surface area contributed by atoms with Crippen LogP contribution < -0.4 is 15.4 Å². The Balaban J connectivity index is 1.73. The highest BCUT2D eigenvalue weighted by Crippen LogP contribution is 2.22. The van der Waals surface area contributed by atoms with Crippen LogP contribution in [0.5, 0.6) is 5.75 Å². The van der Waals surface area contributed by atoms with Gasteiger partial charge in [0.05, 0.1) is 6.10 Å². The van der Waals surface area contributed by atoms with Crippen molar-refractivity contribution in [2.24, 2.45) is 0 Å². The van der Waals surface area contributed by atoms with E-state index < -0.39 is 0 Å². The molecular weight excluding hydrogens is 331 g/mol. The Morgan fingerprint density at radius 1 is 0.885 bits per heavy atom. The van der Waals surface area contributed by atoms with E-state index in [0.29, 0.717) is 11.8 Å². The largest absolute Gasteiger partial charge is 0.491 e. The van der Waals surface area contributed by atoms with E-state index in [-0.39, 0.29) is 11.9 Å². The third-order valence-corrected chi connectivity index (χ3v) is 3.45. The fourth-order valence-corrected chi connectivity index (χ4v) is 2.39. The van der Waals surface area contributed by atoms with Crippen LogP contribution in [0.2, 0.25) is 0 Å². The first-order valence-electron chi connectivity index (χ1n) is 8.40. The third kappa shape index (κ3) is 4.92. The molecule has 3 aromatic rings. The number of rotatable bonds is 6. The molecule has 0 bridgehead atoms. The lowest BCUT2D eigenvalue weighted by atomic mass is 10.3. The fraction of sp³-hybridized carbons (Fsp3) is 0.200. The molecule has 3 rings (SSSR count). The Kier molecular flexibility index (Phi) is 5.31. The molecule has 0 aliphatic heterocycles. The van der Waals surface area contributed by atoms with E-state index in [9.17, 15) is 4.39 Å². The number of anilines is 4. The van der Waals surface area contributed by atoms with E-state index in [1.807, 2.05) is 51.1 Å². The molecule has 1 heterocycles. The molecule has 134 valence electrons. The van der Waals surface area contributed by atoms with Gasteiger partial charge in [-0.2, -0.15) is 4.98 Å². The fourth-order valence-electron chi connectivity index (χ4n) is 2.39. The van der Waals surface area contributed by atoms with Crippen molar-refractivity contribution in [1.82, 2.24) is 9.97 Å². The van der Waals surface area contributed by atoms with Crippen LogP contribution in [-0.4, -0.2) is 16.1 Å². The third-order valence-electron chi connectivity index (χ3n) is 3.45. The van der Waals surface area contributed by atoms with E-state index in [4.69, 9.17) is 4.74 Å². The summed E-state index contributed by atoms with van der Waals surface area (Å²) in [5.74, 6) is 1.65. The smallest absolute Gasteiger partial charge is 0.229 e. The topological polar surface area (TPSA) is 59.1 Å². The summed E-state index contributed by atoms with van der Waals surface area (Å²) >= 11 is 0. The van der Waals surface area contributed by atoms with Gasteiger partial charge in [0, 0.05) is 23.1 Å². The highest BCUT2D eigenvalue weighted by molar-refractivity contribution is 5.60. The number of nitrogens with zero attached hydrogens (tertiary/aromatic N) is 2. The predicted octanol–water partition coefficient (Wildman–Crippen LogP) is 5.20. The molecule has 26 heavy (non-hydrogen) atoms. The lowest BCUT2D eigenvalue weighted by Gasteiger charge is -2.12. The molecule has 0 aliphatic rings. The predicted molar refractivity (Wildman–Crippen MR) is 102 cm³/mol. The van der Waals surface area contributed by atoms with Gasteiger partial charge in [0.1, 0.15) is 17.4 Å². The Hall–Kier alpha value is -3.15. The van der Waals surface area contributed by atoms with Crippen LogP contribution in [0.1, 0.15) is 19.5 Å². The SMILES string of the molecule is Cc1cc(Nc2ccc(OC(C)C)cc2)nc(Nc2ccc(F)cc2)n1. The van der Waals surface area contributed by atoms with Crippen molar-refractivity contribution >= 4 is 23.1 Å². The van der Waals surface area contributed by atoms with Crippen molar-refractivity contribution < 1.29 is 9.13 Å². The summed E-state index contributed by atoms with van der Waals surface area (Å²) in [6.07, 6.45) is 0.137. The van der Waals surface area contributed by atoms with Crippen molar-refractivity contribution in [2.75, 3.05) is 10.6 Å². The number of hydrogen-bond donors (Lipinski definition) is 2. The Morgan fingerprint density at radius 2 is 1.50 bits per heavy atom. The lowest BCUT2D eigenvalue weighted by molar-refractivity contribution is 0.242. The monoisotopic (exact) mass is 352 g/mol. The first-order chi connectivity index (χ1) is 12.5. The molecule has 0 fully saturated rings. The summed E-state index contributed by atoms with van der Waals surface area (Å²) < 4.78 is 18.7. The minimum atomic E-state index is -0.284. The molecule has 0 atom stereocenters. The van der Waals surface area contributed by atoms with Crippen molar-refractivity contribution in [3.8, 4) is 5.75 Å². The van der Waals surface area contributed by atoms with Crippen LogP contribution >= 0.6 is 0 Å². The number of aromatic nitrogens is 2. The molecule has 0 saturated carbocycles. The zero-order valence-electron chi connectivity index (χ0n) is 15.0.